The summed E-state index contributed by atoms with van der Waals surface area (Å²) >= 11 is 11.6. The molecular formula is C16H8Cl2F4O2. The summed E-state index contributed by atoms with van der Waals surface area (Å²) in [5, 5.41) is 9.17. The van der Waals surface area contributed by atoms with Crippen molar-refractivity contribution in [3.05, 3.63) is 69.0 Å². The van der Waals surface area contributed by atoms with Crippen LogP contribution in [0.25, 0.3) is 6.08 Å². The lowest BCUT2D eigenvalue weighted by Crippen LogP contribution is -2.11. The van der Waals surface area contributed by atoms with Crippen LogP contribution >= 0.6 is 23.2 Å². The van der Waals surface area contributed by atoms with Crippen molar-refractivity contribution < 1.29 is 27.5 Å². The Morgan fingerprint density at radius 3 is 2.38 bits per heavy atom. The van der Waals surface area contributed by atoms with Crippen LogP contribution in [0.15, 0.2) is 36.4 Å². The van der Waals surface area contributed by atoms with Crippen LogP contribution in [0.1, 0.15) is 21.5 Å². The summed E-state index contributed by atoms with van der Waals surface area (Å²) < 4.78 is 51.8. The maximum absolute atomic E-state index is 13.9. The van der Waals surface area contributed by atoms with Crippen LogP contribution in [0.4, 0.5) is 17.6 Å². The summed E-state index contributed by atoms with van der Waals surface area (Å²) in [7, 11) is 0. The standard InChI is InChI=1S/C16H8Cl2F4O2/c17-13-8(5-7-12(24)14(13)18)4-6-11(23)9-2-1-3-10(15(9)19)16(20,21)22/h1-7,24H/b6-4+. The fourth-order valence-electron chi connectivity index (χ4n) is 1.88. The van der Waals surface area contributed by atoms with Gasteiger partial charge in [-0.3, -0.25) is 4.79 Å². The van der Waals surface area contributed by atoms with Gasteiger partial charge in [0.25, 0.3) is 0 Å². The molecule has 126 valence electrons. The normalized spacial score (nSPS) is 11.9. The van der Waals surface area contributed by atoms with Crippen LogP contribution in [0.3, 0.4) is 0 Å². The topological polar surface area (TPSA) is 37.3 Å². The van der Waals surface area contributed by atoms with Gasteiger partial charge in [0.05, 0.1) is 16.1 Å². The molecule has 0 unspecified atom stereocenters. The molecule has 2 nitrogen and oxygen atoms in total. The molecule has 0 aromatic heterocycles. The molecule has 0 spiro atoms. The second kappa shape index (κ2) is 6.83. The fraction of sp³-hybridized carbons (Fsp3) is 0.0625. The SMILES string of the molecule is O=C(/C=C/c1ccc(O)c(Cl)c1Cl)c1cccc(C(F)(F)F)c1F. The second-order valence-electron chi connectivity index (χ2n) is 4.66. The fourth-order valence-corrected chi connectivity index (χ4v) is 2.27. The molecule has 8 heteroatoms. The lowest BCUT2D eigenvalue weighted by atomic mass is 10.0. The van der Waals surface area contributed by atoms with Crippen molar-refractivity contribution in [2.45, 2.75) is 6.18 Å². The Bertz CT molecular complexity index is 830. The highest BCUT2D eigenvalue weighted by atomic mass is 35.5. The number of hydrogen-bond acceptors (Lipinski definition) is 2. The third-order valence-corrected chi connectivity index (χ3v) is 3.96. The highest BCUT2D eigenvalue weighted by Gasteiger charge is 2.35. The van der Waals surface area contributed by atoms with Crippen molar-refractivity contribution in [1.82, 2.24) is 0 Å². The Morgan fingerprint density at radius 1 is 1.08 bits per heavy atom. The number of benzene rings is 2. The molecule has 24 heavy (non-hydrogen) atoms. The van der Waals surface area contributed by atoms with Gasteiger partial charge < -0.3 is 5.11 Å². The van der Waals surface area contributed by atoms with E-state index in [0.717, 1.165) is 24.3 Å². The van der Waals surface area contributed by atoms with Crippen LogP contribution in [0.5, 0.6) is 5.75 Å². The molecule has 2 rings (SSSR count). The number of phenolic OH excluding ortho intramolecular Hbond substituents is 1. The maximum atomic E-state index is 13.9. The van der Waals surface area contributed by atoms with E-state index < -0.39 is 28.9 Å². The number of allylic oxidation sites excluding steroid dienone is 1. The minimum absolute atomic E-state index is 0.0507. The smallest absolute Gasteiger partial charge is 0.419 e. The highest BCUT2D eigenvalue weighted by molar-refractivity contribution is 6.43. The Kier molecular flexibility index (Phi) is 5.20. The van der Waals surface area contributed by atoms with Gasteiger partial charge >= 0.3 is 6.18 Å². The minimum Gasteiger partial charge on any atom is -0.506 e. The summed E-state index contributed by atoms with van der Waals surface area (Å²) in [5.41, 5.74) is -2.00. The number of rotatable bonds is 3. The molecule has 0 saturated heterocycles. The van der Waals surface area contributed by atoms with Crippen LogP contribution in [0, 0.1) is 5.82 Å². The van der Waals surface area contributed by atoms with Gasteiger partial charge in [0.2, 0.25) is 0 Å². The number of ketones is 1. The number of alkyl halides is 3. The Hall–Kier alpha value is -2.05. The predicted molar refractivity (Wildman–Crippen MR) is 82.9 cm³/mol. The van der Waals surface area contributed by atoms with Gasteiger partial charge in [-0.05, 0) is 42.0 Å². The second-order valence-corrected chi connectivity index (χ2v) is 5.42. The maximum Gasteiger partial charge on any atom is 0.419 e. The van der Waals surface area contributed by atoms with Gasteiger partial charge in [-0.1, -0.05) is 29.3 Å². The first-order chi connectivity index (χ1) is 11.1. The van der Waals surface area contributed by atoms with Gasteiger partial charge in [-0.15, -0.1) is 0 Å². The summed E-state index contributed by atoms with van der Waals surface area (Å²) in [4.78, 5) is 12.0. The molecule has 0 aliphatic heterocycles. The summed E-state index contributed by atoms with van der Waals surface area (Å²) in [6.07, 6.45) is -2.87. The van der Waals surface area contributed by atoms with E-state index in [1.54, 1.807) is 0 Å². The van der Waals surface area contributed by atoms with E-state index in [0.29, 0.717) is 6.07 Å². The van der Waals surface area contributed by atoms with Gasteiger partial charge in [-0.2, -0.15) is 13.2 Å². The predicted octanol–water partition coefficient (Wildman–Crippen LogP) is 5.75. The van der Waals surface area contributed by atoms with Crippen molar-refractivity contribution in [3.8, 4) is 5.75 Å². The van der Waals surface area contributed by atoms with Gasteiger partial charge in [-0.25, -0.2) is 4.39 Å². The quantitative estimate of drug-likeness (QED) is 0.419. The van der Waals surface area contributed by atoms with Crippen molar-refractivity contribution in [3.63, 3.8) is 0 Å². The zero-order valence-electron chi connectivity index (χ0n) is 11.7. The molecule has 0 fully saturated rings. The Morgan fingerprint density at radius 2 is 1.75 bits per heavy atom. The number of phenols is 1. The van der Waals surface area contributed by atoms with Crippen LogP contribution in [0.2, 0.25) is 10.0 Å². The molecule has 0 radical (unpaired) electrons. The third-order valence-electron chi connectivity index (χ3n) is 3.08. The molecule has 2 aromatic carbocycles. The number of hydrogen-bond donors (Lipinski definition) is 1. The average Bonchev–Trinajstić information content (AvgIpc) is 2.50. The molecule has 0 heterocycles. The van der Waals surface area contributed by atoms with Gasteiger partial charge in [0, 0.05) is 0 Å². The van der Waals surface area contributed by atoms with Gasteiger partial charge in [0.1, 0.15) is 16.6 Å². The Labute approximate surface area is 143 Å². The Balaban J connectivity index is 2.36. The van der Waals surface area contributed by atoms with E-state index >= 15 is 0 Å². The summed E-state index contributed by atoms with van der Waals surface area (Å²) in [6, 6.07) is 5.01. The van der Waals surface area contributed by atoms with E-state index in [-0.39, 0.29) is 21.4 Å². The lowest BCUT2D eigenvalue weighted by molar-refractivity contribution is -0.140. The first-order valence-corrected chi connectivity index (χ1v) is 7.13. The molecule has 0 saturated carbocycles. The monoisotopic (exact) mass is 378 g/mol. The van der Waals surface area contributed by atoms with Gasteiger partial charge in [0.15, 0.2) is 5.78 Å². The molecule has 0 amide bonds. The van der Waals surface area contributed by atoms with Crippen molar-refractivity contribution in [2.75, 3.05) is 0 Å². The summed E-state index contributed by atoms with van der Waals surface area (Å²) in [5.74, 6) is -2.89. The van der Waals surface area contributed by atoms with E-state index in [2.05, 4.69) is 0 Å². The van der Waals surface area contributed by atoms with E-state index in [9.17, 15) is 27.5 Å². The molecule has 0 aliphatic rings. The van der Waals surface area contributed by atoms with Crippen LogP contribution in [-0.4, -0.2) is 10.9 Å². The van der Waals surface area contributed by atoms with Crippen LogP contribution < -0.4 is 0 Å². The molecule has 0 aliphatic carbocycles. The third kappa shape index (κ3) is 3.71. The number of aromatic hydroxyl groups is 1. The number of carbonyl (C=O) groups is 1. The highest BCUT2D eigenvalue weighted by Crippen LogP contribution is 2.35. The summed E-state index contributed by atoms with van der Waals surface area (Å²) in [6.45, 7) is 0. The van der Waals surface area contributed by atoms with E-state index in [4.69, 9.17) is 23.2 Å². The lowest BCUT2D eigenvalue weighted by Gasteiger charge is -2.09. The zero-order chi connectivity index (χ0) is 18.1. The van der Waals surface area contributed by atoms with Crippen molar-refractivity contribution in [2.24, 2.45) is 0 Å². The number of halogens is 6. The zero-order valence-corrected chi connectivity index (χ0v) is 13.2. The minimum atomic E-state index is -4.90. The van der Waals surface area contributed by atoms with Crippen LogP contribution in [-0.2, 0) is 6.18 Å². The first-order valence-electron chi connectivity index (χ1n) is 6.38. The molecule has 1 N–H and O–H groups in total. The average molecular weight is 379 g/mol. The van der Waals surface area contributed by atoms with Crippen molar-refractivity contribution >= 4 is 35.1 Å². The van der Waals surface area contributed by atoms with E-state index in [1.165, 1.54) is 12.1 Å². The van der Waals surface area contributed by atoms with E-state index in [1.807, 2.05) is 0 Å². The number of carbonyl (C=O) groups excluding carboxylic acids is 1. The molecular weight excluding hydrogens is 371 g/mol. The molecule has 0 atom stereocenters. The largest absolute Gasteiger partial charge is 0.506 e. The van der Waals surface area contributed by atoms with Crippen molar-refractivity contribution in [1.29, 1.82) is 0 Å². The first kappa shape index (κ1) is 18.3. The molecule has 0 bridgehead atoms. The molecule has 2 aromatic rings.